The molecule has 0 radical (unpaired) electrons. The van der Waals surface area contributed by atoms with Crippen molar-refractivity contribution in [3.63, 3.8) is 0 Å². The summed E-state index contributed by atoms with van der Waals surface area (Å²) in [7, 11) is 0. The van der Waals surface area contributed by atoms with Crippen LogP contribution in [0.3, 0.4) is 0 Å². The quantitative estimate of drug-likeness (QED) is 0.400. The summed E-state index contributed by atoms with van der Waals surface area (Å²) in [5.41, 5.74) is 0. The smallest absolute Gasteiger partial charge is 0.0844 e. The van der Waals surface area contributed by atoms with Crippen molar-refractivity contribution in [3.05, 3.63) is 12.2 Å². The molecule has 0 aliphatic carbocycles. The maximum Gasteiger partial charge on any atom is 0.0844 e. The monoisotopic (exact) mass is 112 g/mol. The first-order chi connectivity index (χ1) is 3.93. The van der Waals surface area contributed by atoms with Gasteiger partial charge in [0, 0.05) is 0 Å². The van der Waals surface area contributed by atoms with Crippen molar-refractivity contribution in [1.29, 1.82) is 0 Å². The molecular formula is C7H12O. The van der Waals surface area contributed by atoms with Crippen LogP contribution in [0.5, 0.6) is 0 Å². The molecule has 0 aromatic heterocycles. The van der Waals surface area contributed by atoms with Crippen molar-refractivity contribution in [2.24, 2.45) is 0 Å². The summed E-state index contributed by atoms with van der Waals surface area (Å²) in [6.45, 7) is 3.12. The number of hydrogen-bond acceptors (Lipinski definition) is 1. The number of ether oxygens (including phenoxy) is 1. The second-order valence-corrected chi connectivity index (χ2v) is 2.07. The number of hydrogen-bond donors (Lipinski definition) is 0. The third-order valence-corrected chi connectivity index (χ3v) is 1.20. The molecule has 1 heteroatoms. The lowest BCUT2D eigenvalue weighted by Crippen LogP contribution is -1.77. The molecule has 0 spiro atoms. The Hall–Kier alpha value is -0.300. The van der Waals surface area contributed by atoms with E-state index in [9.17, 15) is 0 Å². The van der Waals surface area contributed by atoms with Crippen LogP contribution in [0.1, 0.15) is 19.8 Å². The van der Waals surface area contributed by atoms with E-state index in [1.165, 1.54) is 0 Å². The van der Waals surface area contributed by atoms with Crippen molar-refractivity contribution in [3.8, 4) is 0 Å². The van der Waals surface area contributed by atoms with Gasteiger partial charge in [0.05, 0.1) is 12.7 Å². The molecule has 1 unspecified atom stereocenters. The van der Waals surface area contributed by atoms with Gasteiger partial charge in [-0.25, -0.2) is 0 Å². The molecule has 0 aromatic rings. The molecule has 8 heavy (non-hydrogen) atoms. The van der Waals surface area contributed by atoms with Crippen molar-refractivity contribution < 1.29 is 4.74 Å². The van der Waals surface area contributed by atoms with Crippen LogP contribution in [-0.4, -0.2) is 12.7 Å². The summed E-state index contributed by atoms with van der Waals surface area (Å²) >= 11 is 0. The van der Waals surface area contributed by atoms with Crippen LogP contribution in [0.2, 0.25) is 0 Å². The van der Waals surface area contributed by atoms with E-state index in [4.69, 9.17) is 4.74 Å². The van der Waals surface area contributed by atoms with Gasteiger partial charge in [-0.05, 0) is 12.8 Å². The Bertz CT molecular complexity index is 82.4. The fourth-order valence-corrected chi connectivity index (χ4v) is 0.619. The number of rotatable bonds is 3. The first-order valence-corrected chi connectivity index (χ1v) is 3.20. The minimum atomic E-state index is 0.567. The molecule has 0 N–H and O–H groups in total. The molecule has 1 atom stereocenters. The van der Waals surface area contributed by atoms with Gasteiger partial charge in [0.2, 0.25) is 0 Å². The van der Waals surface area contributed by atoms with Crippen LogP contribution < -0.4 is 0 Å². The van der Waals surface area contributed by atoms with E-state index in [1.54, 1.807) is 0 Å². The van der Waals surface area contributed by atoms with E-state index in [1.807, 2.05) is 0 Å². The van der Waals surface area contributed by atoms with Crippen LogP contribution in [0.15, 0.2) is 12.2 Å². The van der Waals surface area contributed by atoms with Gasteiger partial charge >= 0.3 is 0 Å². The second kappa shape index (κ2) is 2.88. The molecule has 0 bridgehead atoms. The van der Waals surface area contributed by atoms with Gasteiger partial charge in [-0.2, -0.15) is 0 Å². The van der Waals surface area contributed by atoms with Gasteiger partial charge in [-0.3, -0.25) is 0 Å². The summed E-state index contributed by atoms with van der Waals surface area (Å²) in [6, 6.07) is 0. The highest BCUT2D eigenvalue weighted by Crippen LogP contribution is 2.13. The van der Waals surface area contributed by atoms with Crippen molar-refractivity contribution in [2.45, 2.75) is 25.9 Å². The highest BCUT2D eigenvalue weighted by Gasteiger charge is 2.19. The number of epoxide rings is 1. The maximum absolute atomic E-state index is 5.00. The summed E-state index contributed by atoms with van der Waals surface area (Å²) in [5, 5.41) is 0. The Balaban J connectivity index is 1.93. The molecular weight excluding hydrogens is 100 g/mol. The van der Waals surface area contributed by atoms with E-state index in [0.29, 0.717) is 6.10 Å². The number of allylic oxidation sites excluding steroid dienone is 1. The molecule has 46 valence electrons. The maximum atomic E-state index is 5.00. The van der Waals surface area contributed by atoms with Crippen LogP contribution in [0.25, 0.3) is 0 Å². The molecule has 1 rings (SSSR count). The molecule has 1 heterocycles. The van der Waals surface area contributed by atoms with E-state index in [-0.39, 0.29) is 0 Å². The molecule has 1 aliphatic heterocycles. The minimum Gasteiger partial charge on any atom is -0.373 e. The zero-order valence-electron chi connectivity index (χ0n) is 5.26. The highest BCUT2D eigenvalue weighted by molar-refractivity contribution is 4.86. The average molecular weight is 112 g/mol. The zero-order chi connectivity index (χ0) is 5.82. The summed E-state index contributed by atoms with van der Waals surface area (Å²) < 4.78 is 5.00. The van der Waals surface area contributed by atoms with Gasteiger partial charge in [0.15, 0.2) is 0 Å². The van der Waals surface area contributed by atoms with E-state index < -0.39 is 0 Å². The predicted octanol–water partition coefficient (Wildman–Crippen LogP) is 1.74. The highest BCUT2D eigenvalue weighted by atomic mass is 16.6. The van der Waals surface area contributed by atoms with Crippen molar-refractivity contribution in [1.82, 2.24) is 0 Å². The molecule has 0 aromatic carbocycles. The Morgan fingerprint density at radius 2 is 2.38 bits per heavy atom. The Labute approximate surface area is 50.3 Å². The van der Waals surface area contributed by atoms with Crippen LogP contribution >= 0.6 is 0 Å². The third-order valence-electron chi connectivity index (χ3n) is 1.20. The molecule has 1 fully saturated rings. The van der Waals surface area contributed by atoms with Crippen LogP contribution in [0, 0.1) is 0 Å². The van der Waals surface area contributed by atoms with Gasteiger partial charge in [-0.15, -0.1) is 0 Å². The fraction of sp³-hybridized carbons (Fsp3) is 0.714. The van der Waals surface area contributed by atoms with E-state index in [0.717, 1.165) is 19.4 Å². The normalized spacial score (nSPS) is 26.9. The molecule has 0 saturated carbocycles. The predicted molar refractivity (Wildman–Crippen MR) is 33.8 cm³/mol. The second-order valence-electron chi connectivity index (χ2n) is 2.07. The summed E-state index contributed by atoms with van der Waals surface area (Å²) in [5.74, 6) is 0. The van der Waals surface area contributed by atoms with Gasteiger partial charge in [0.1, 0.15) is 0 Å². The van der Waals surface area contributed by atoms with Crippen LogP contribution in [-0.2, 0) is 4.74 Å². The summed E-state index contributed by atoms with van der Waals surface area (Å²) in [6.07, 6.45) is 7.21. The lowest BCUT2D eigenvalue weighted by atomic mass is 10.3. The van der Waals surface area contributed by atoms with E-state index >= 15 is 0 Å². The van der Waals surface area contributed by atoms with Gasteiger partial charge < -0.3 is 4.74 Å². The molecule has 1 aliphatic rings. The SMILES string of the molecule is CCC=CCC1CO1. The molecule has 1 nitrogen and oxygen atoms in total. The molecule has 1 saturated heterocycles. The standard InChI is InChI=1S/C7H12O/c1-2-3-4-5-7-6-8-7/h3-4,7H,2,5-6H2,1H3. The first kappa shape index (κ1) is 5.83. The van der Waals surface area contributed by atoms with Gasteiger partial charge in [-0.1, -0.05) is 19.1 Å². The van der Waals surface area contributed by atoms with Crippen LogP contribution in [0.4, 0.5) is 0 Å². The van der Waals surface area contributed by atoms with Crippen molar-refractivity contribution in [2.75, 3.05) is 6.61 Å². The fourth-order valence-electron chi connectivity index (χ4n) is 0.619. The van der Waals surface area contributed by atoms with Gasteiger partial charge in [0.25, 0.3) is 0 Å². The van der Waals surface area contributed by atoms with Crippen molar-refractivity contribution >= 4 is 0 Å². The average Bonchev–Trinajstić information content (AvgIpc) is 2.51. The summed E-state index contributed by atoms with van der Waals surface area (Å²) in [4.78, 5) is 0. The molecule has 0 amide bonds. The lowest BCUT2D eigenvalue weighted by Gasteiger charge is -1.80. The Morgan fingerprint density at radius 1 is 1.62 bits per heavy atom. The third kappa shape index (κ3) is 2.12. The first-order valence-electron chi connectivity index (χ1n) is 3.20. The largest absolute Gasteiger partial charge is 0.373 e. The minimum absolute atomic E-state index is 0.567. The lowest BCUT2D eigenvalue weighted by molar-refractivity contribution is 0.410. The Kier molecular flexibility index (Phi) is 2.10. The topological polar surface area (TPSA) is 12.5 Å². The van der Waals surface area contributed by atoms with E-state index in [2.05, 4.69) is 19.1 Å². The zero-order valence-corrected chi connectivity index (χ0v) is 5.26. The Morgan fingerprint density at radius 3 is 2.88 bits per heavy atom.